The fourth-order valence-corrected chi connectivity index (χ4v) is 3.93. The zero-order valence-electron chi connectivity index (χ0n) is 11.4. The molecule has 0 unspecified atom stereocenters. The Kier molecular flexibility index (Phi) is 3.96. The molecule has 0 aliphatic rings. The standard InChI is InChI=1S/C16H12FNO2S2/c17-12-5-3-6-13(11-12)22(19,20)18-15-8-2-1-7-14(15)16-9-4-10-21-16/h1-11,18H. The van der Waals surface area contributed by atoms with Gasteiger partial charge in [0.25, 0.3) is 10.0 Å². The van der Waals surface area contributed by atoms with Crippen molar-refractivity contribution in [3.8, 4) is 10.4 Å². The van der Waals surface area contributed by atoms with Gasteiger partial charge in [0.05, 0.1) is 10.6 Å². The molecule has 3 aromatic rings. The fourth-order valence-electron chi connectivity index (χ4n) is 2.06. The van der Waals surface area contributed by atoms with Crippen LogP contribution in [-0.2, 0) is 10.0 Å². The molecule has 22 heavy (non-hydrogen) atoms. The molecule has 0 aliphatic heterocycles. The predicted molar refractivity (Wildman–Crippen MR) is 87.0 cm³/mol. The van der Waals surface area contributed by atoms with Gasteiger partial charge >= 0.3 is 0 Å². The van der Waals surface area contributed by atoms with Crippen LogP contribution in [0.5, 0.6) is 0 Å². The normalized spacial score (nSPS) is 11.3. The Morgan fingerprint density at radius 3 is 2.50 bits per heavy atom. The second-order valence-electron chi connectivity index (χ2n) is 4.59. The molecule has 0 bridgehead atoms. The lowest BCUT2D eigenvalue weighted by molar-refractivity contribution is 0.595. The highest BCUT2D eigenvalue weighted by Crippen LogP contribution is 2.32. The van der Waals surface area contributed by atoms with E-state index < -0.39 is 15.8 Å². The second-order valence-corrected chi connectivity index (χ2v) is 7.22. The summed E-state index contributed by atoms with van der Waals surface area (Å²) >= 11 is 1.52. The van der Waals surface area contributed by atoms with Crippen LogP contribution in [-0.4, -0.2) is 8.42 Å². The van der Waals surface area contributed by atoms with Gasteiger partial charge in [-0.1, -0.05) is 30.3 Å². The zero-order valence-corrected chi connectivity index (χ0v) is 13.0. The maximum atomic E-state index is 13.2. The van der Waals surface area contributed by atoms with Gasteiger partial charge in [-0.2, -0.15) is 0 Å². The van der Waals surface area contributed by atoms with Crippen LogP contribution in [0.1, 0.15) is 0 Å². The molecule has 3 nitrogen and oxygen atoms in total. The topological polar surface area (TPSA) is 46.2 Å². The highest BCUT2D eigenvalue weighted by atomic mass is 32.2. The Hall–Kier alpha value is -2.18. The van der Waals surface area contributed by atoms with Gasteiger partial charge in [0.2, 0.25) is 0 Å². The number of benzene rings is 2. The van der Waals surface area contributed by atoms with E-state index in [0.717, 1.165) is 16.5 Å². The molecule has 0 spiro atoms. The van der Waals surface area contributed by atoms with E-state index in [1.54, 1.807) is 12.1 Å². The largest absolute Gasteiger partial charge is 0.279 e. The number of para-hydroxylation sites is 1. The number of hydrogen-bond acceptors (Lipinski definition) is 3. The third-order valence-electron chi connectivity index (χ3n) is 3.06. The summed E-state index contributed by atoms with van der Waals surface area (Å²) < 4.78 is 40.6. The first-order valence-corrected chi connectivity index (χ1v) is 8.84. The van der Waals surface area contributed by atoms with Crippen LogP contribution in [0.3, 0.4) is 0 Å². The lowest BCUT2D eigenvalue weighted by Crippen LogP contribution is -2.13. The van der Waals surface area contributed by atoms with E-state index in [1.165, 1.54) is 29.5 Å². The van der Waals surface area contributed by atoms with E-state index in [1.807, 2.05) is 29.6 Å². The number of sulfonamides is 1. The SMILES string of the molecule is O=S(=O)(Nc1ccccc1-c1cccs1)c1cccc(F)c1. The van der Waals surface area contributed by atoms with Crippen molar-refractivity contribution in [1.29, 1.82) is 0 Å². The van der Waals surface area contributed by atoms with E-state index in [9.17, 15) is 12.8 Å². The molecule has 2 aromatic carbocycles. The summed E-state index contributed by atoms with van der Waals surface area (Å²) in [4.78, 5) is 0.853. The Labute approximate surface area is 132 Å². The van der Waals surface area contributed by atoms with Gasteiger partial charge in [0.1, 0.15) is 5.82 Å². The van der Waals surface area contributed by atoms with Gasteiger partial charge in [0, 0.05) is 10.4 Å². The van der Waals surface area contributed by atoms with Crippen molar-refractivity contribution in [2.24, 2.45) is 0 Å². The average Bonchev–Trinajstić information content (AvgIpc) is 3.01. The molecule has 0 atom stereocenters. The van der Waals surface area contributed by atoms with Crippen molar-refractivity contribution in [2.45, 2.75) is 4.90 Å². The number of anilines is 1. The van der Waals surface area contributed by atoms with Crippen LogP contribution in [0.15, 0.2) is 70.9 Å². The summed E-state index contributed by atoms with van der Waals surface area (Å²) in [6.45, 7) is 0. The number of hydrogen-bond donors (Lipinski definition) is 1. The van der Waals surface area contributed by atoms with Crippen molar-refractivity contribution in [1.82, 2.24) is 0 Å². The Balaban J connectivity index is 2.00. The molecule has 112 valence electrons. The predicted octanol–water partition coefficient (Wildman–Crippen LogP) is 4.36. The first-order valence-electron chi connectivity index (χ1n) is 6.47. The molecule has 3 rings (SSSR count). The van der Waals surface area contributed by atoms with Crippen molar-refractivity contribution >= 4 is 27.0 Å². The molecule has 0 saturated carbocycles. The molecule has 1 heterocycles. The molecule has 0 saturated heterocycles. The van der Waals surface area contributed by atoms with E-state index >= 15 is 0 Å². The summed E-state index contributed by atoms with van der Waals surface area (Å²) in [5, 5.41) is 1.92. The third kappa shape index (κ3) is 3.03. The maximum absolute atomic E-state index is 13.2. The maximum Gasteiger partial charge on any atom is 0.262 e. The van der Waals surface area contributed by atoms with Gasteiger partial charge in [-0.05, 0) is 35.7 Å². The molecule has 0 radical (unpaired) electrons. The Morgan fingerprint density at radius 1 is 0.955 bits per heavy atom. The van der Waals surface area contributed by atoms with E-state index in [4.69, 9.17) is 0 Å². The Bertz CT molecular complexity index is 890. The highest BCUT2D eigenvalue weighted by molar-refractivity contribution is 7.92. The summed E-state index contributed by atoms with van der Waals surface area (Å²) in [7, 11) is -3.83. The molecular weight excluding hydrogens is 321 g/mol. The van der Waals surface area contributed by atoms with Crippen LogP contribution >= 0.6 is 11.3 Å². The van der Waals surface area contributed by atoms with Crippen molar-refractivity contribution < 1.29 is 12.8 Å². The van der Waals surface area contributed by atoms with Crippen molar-refractivity contribution in [3.63, 3.8) is 0 Å². The monoisotopic (exact) mass is 333 g/mol. The van der Waals surface area contributed by atoms with Crippen LogP contribution in [0, 0.1) is 5.82 Å². The van der Waals surface area contributed by atoms with Gasteiger partial charge in [-0.25, -0.2) is 12.8 Å². The third-order valence-corrected chi connectivity index (χ3v) is 5.33. The zero-order chi connectivity index (χ0) is 15.6. The van der Waals surface area contributed by atoms with E-state index in [2.05, 4.69) is 4.72 Å². The molecule has 6 heteroatoms. The van der Waals surface area contributed by atoms with Crippen LogP contribution in [0.4, 0.5) is 10.1 Å². The molecule has 1 N–H and O–H groups in total. The van der Waals surface area contributed by atoms with Gasteiger partial charge in [-0.3, -0.25) is 4.72 Å². The van der Waals surface area contributed by atoms with Crippen molar-refractivity contribution in [2.75, 3.05) is 4.72 Å². The molecule has 0 fully saturated rings. The smallest absolute Gasteiger partial charge is 0.262 e. The number of halogens is 1. The summed E-state index contributed by atoms with van der Waals surface area (Å²) in [5.41, 5.74) is 1.26. The van der Waals surface area contributed by atoms with Crippen molar-refractivity contribution in [3.05, 3.63) is 71.9 Å². The minimum Gasteiger partial charge on any atom is -0.279 e. The summed E-state index contributed by atoms with van der Waals surface area (Å²) in [6.07, 6.45) is 0. The fraction of sp³-hybridized carbons (Fsp3) is 0. The highest BCUT2D eigenvalue weighted by Gasteiger charge is 2.17. The summed E-state index contributed by atoms with van der Waals surface area (Å²) in [5.74, 6) is -0.589. The average molecular weight is 333 g/mol. The molecule has 0 amide bonds. The van der Waals surface area contributed by atoms with Gasteiger partial charge < -0.3 is 0 Å². The molecule has 1 aromatic heterocycles. The number of thiophene rings is 1. The van der Waals surface area contributed by atoms with Crippen LogP contribution in [0.2, 0.25) is 0 Å². The summed E-state index contributed by atoms with van der Waals surface area (Å²) in [6, 6.07) is 15.9. The van der Waals surface area contributed by atoms with E-state index in [0.29, 0.717) is 5.69 Å². The lowest BCUT2D eigenvalue weighted by atomic mass is 10.1. The first-order chi connectivity index (χ1) is 10.6. The number of nitrogens with one attached hydrogen (secondary N) is 1. The minimum atomic E-state index is -3.83. The molecule has 0 aliphatic carbocycles. The van der Waals surface area contributed by atoms with Gasteiger partial charge in [-0.15, -0.1) is 11.3 Å². The Morgan fingerprint density at radius 2 is 1.77 bits per heavy atom. The first kappa shape index (κ1) is 14.7. The second kappa shape index (κ2) is 5.90. The minimum absolute atomic E-state index is 0.103. The lowest BCUT2D eigenvalue weighted by Gasteiger charge is -2.11. The molecular formula is C16H12FNO2S2. The van der Waals surface area contributed by atoms with E-state index in [-0.39, 0.29) is 4.90 Å². The van der Waals surface area contributed by atoms with Crippen LogP contribution in [0.25, 0.3) is 10.4 Å². The van der Waals surface area contributed by atoms with Gasteiger partial charge in [0.15, 0.2) is 0 Å². The quantitative estimate of drug-likeness (QED) is 0.771. The number of rotatable bonds is 4. The van der Waals surface area contributed by atoms with Crippen LogP contribution < -0.4 is 4.72 Å².